The third kappa shape index (κ3) is 3.89. The SMILES string of the molecule is CCS(=O)N1CCC(c2c[nH]c3c(C(N)=O)cc(OCC4CC4)cc23)CC1. The van der Waals surface area contributed by atoms with Crippen LogP contribution in [0, 0.1) is 5.92 Å². The average Bonchev–Trinajstić information content (AvgIpc) is 3.42. The molecule has 1 aromatic carbocycles. The van der Waals surface area contributed by atoms with Crippen LogP contribution >= 0.6 is 0 Å². The summed E-state index contributed by atoms with van der Waals surface area (Å²) in [6.45, 7) is 4.32. The van der Waals surface area contributed by atoms with Crippen LogP contribution in [0.3, 0.4) is 0 Å². The van der Waals surface area contributed by atoms with Crippen molar-refractivity contribution in [3.63, 3.8) is 0 Å². The molecule has 7 heteroatoms. The topological polar surface area (TPSA) is 88.4 Å². The number of primary amides is 1. The van der Waals surface area contributed by atoms with Crippen LogP contribution in [0.4, 0.5) is 0 Å². The summed E-state index contributed by atoms with van der Waals surface area (Å²) < 4.78 is 20.0. The van der Waals surface area contributed by atoms with E-state index in [1.165, 1.54) is 18.4 Å². The van der Waals surface area contributed by atoms with E-state index >= 15 is 0 Å². The smallest absolute Gasteiger partial charge is 0.250 e. The second kappa shape index (κ2) is 7.64. The van der Waals surface area contributed by atoms with Crippen LogP contribution in [0.25, 0.3) is 10.9 Å². The molecule has 2 fully saturated rings. The van der Waals surface area contributed by atoms with Gasteiger partial charge in [-0.25, -0.2) is 8.51 Å². The number of H-pyrrole nitrogens is 1. The lowest BCUT2D eigenvalue weighted by molar-refractivity contribution is 0.100. The molecule has 1 aromatic heterocycles. The van der Waals surface area contributed by atoms with E-state index in [4.69, 9.17) is 10.5 Å². The Morgan fingerprint density at radius 1 is 1.30 bits per heavy atom. The number of aromatic nitrogens is 1. The summed E-state index contributed by atoms with van der Waals surface area (Å²) in [5, 5.41) is 1.02. The number of nitrogens with two attached hydrogens (primary N) is 1. The van der Waals surface area contributed by atoms with E-state index in [1.54, 1.807) is 6.07 Å². The van der Waals surface area contributed by atoms with Gasteiger partial charge in [-0.1, -0.05) is 6.92 Å². The van der Waals surface area contributed by atoms with Gasteiger partial charge < -0.3 is 15.5 Å². The zero-order valence-corrected chi connectivity index (χ0v) is 16.5. The molecular weight excluding hydrogens is 362 g/mol. The Hall–Kier alpha value is -1.86. The van der Waals surface area contributed by atoms with Crippen molar-refractivity contribution in [2.75, 3.05) is 25.4 Å². The molecule has 1 unspecified atom stereocenters. The standard InChI is InChI=1S/C20H27N3O3S/c1-2-27(25)23-7-5-14(6-8-23)18-11-22-19-16(18)9-15(10-17(19)20(21)24)26-12-13-3-4-13/h9-11,13-14,22H,2-8,12H2,1H3,(H2,21,24). The molecule has 1 aliphatic carbocycles. The molecule has 27 heavy (non-hydrogen) atoms. The molecule has 146 valence electrons. The molecule has 0 spiro atoms. The van der Waals surface area contributed by atoms with Crippen LogP contribution < -0.4 is 10.5 Å². The Morgan fingerprint density at radius 3 is 2.67 bits per heavy atom. The third-order valence-corrected chi connectivity index (χ3v) is 7.11. The predicted octanol–water partition coefficient (Wildman–Crippen LogP) is 2.92. The fraction of sp³-hybridized carbons (Fsp3) is 0.550. The van der Waals surface area contributed by atoms with E-state index in [0.29, 0.717) is 35.5 Å². The van der Waals surface area contributed by atoms with E-state index < -0.39 is 16.9 Å². The number of carbonyl (C=O) groups excluding carboxylic acids is 1. The minimum Gasteiger partial charge on any atom is -0.493 e. The quantitative estimate of drug-likeness (QED) is 0.763. The fourth-order valence-corrected chi connectivity index (χ4v) is 4.88. The Balaban J connectivity index is 1.61. The van der Waals surface area contributed by atoms with E-state index in [-0.39, 0.29) is 0 Å². The van der Waals surface area contributed by atoms with Crippen LogP contribution in [-0.2, 0) is 11.0 Å². The maximum absolute atomic E-state index is 12.0. The second-order valence-electron chi connectivity index (χ2n) is 7.57. The summed E-state index contributed by atoms with van der Waals surface area (Å²) in [7, 11) is -0.873. The molecule has 2 aromatic rings. The molecule has 0 bridgehead atoms. The highest BCUT2D eigenvalue weighted by molar-refractivity contribution is 7.82. The zero-order chi connectivity index (χ0) is 19.0. The molecular formula is C20H27N3O3S. The van der Waals surface area contributed by atoms with Crippen LogP contribution in [-0.4, -0.2) is 44.9 Å². The summed E-state index contributed by atoms with van der Waals surface area (Å²) in [5.41, 5.74) is 8.09. The van der Waals surface area contributed by atoms with Crippen molar-refractivity contribution >= 4 is 27.8 Å². The van der Waals surface area contributed by atoms with Crippen molar-refractivity contribution in [3.8, 4) is 5.75 Å². The first kappa shape index (κ1) is 18.5. The van der Waals surface area contributed by atoms with Gasteiger partial charge in [-0.05, 0) is 55.2 Å². The molecule has 2 heterocycles. The minimum absolute atomic E-state index is 0.378. The number of aromatic amines is 1. The van der Waals surface area contributed by atoms with Crippen LogP contribution in [0.2, 0.25) is 0 Å². The number of hydrogen-bond donors (Lipinski definition) is 2. The van der Waals surface area contributed by atoms with Crippen LogP contribution in [0.1, 0.15) is 54.4 Å². The first-order valence-corrected chi connectivity index (χ1v) is 11.1. The van der Waals surface area contributed by atoms with Gasteiger partial charge in [0.1, 0.15) is 5.75 Å². The number of carbonyl (C=O) groups is 1. The lowest BCUT2D eigenvalue weighted by atomic mass is 9.89. The predicted molar refractivity (Wildman–Crippen MR) is 107 cm³/mol. The van der Waals surface area contributed by atoms with Crippen molar-refractivity contribution in [1.82, 2.24) is 9.29 Å². The Bertz CT molecular complexity index is 867. The number of hydrogen-bond acceptors (Lipinski definition) is 3. The lowest BCUT2D eigenvalue weighted by Gasteiger charge is -2.30. The van der Waals surface area contributed by atoms with Crippen molar-refractivity contribution in [2.45, 2.75) is 38.5 Å². The van der Waals surface area contributed by atoms with Crippen LogP contribution in [0.15, 0.2) is 18.3 Å². The average molecular weight is 390 g/mol. The first-order chi connectivity index (χ1) is 13.1. The molecule has 3 N–H and O–H groups in total. The minimum atomic E-state index is -0.873. The fourth-order valence-electron chi connectivity index (χ4n) is 3.89. The molecule has 1 saturated carbocycles. The van der Waals surface area contributed by atoms with E-state index in [9.17, 15) is 9.00 Å². The van der Waals surface area contributed by atoms with Crippen molar-refractivity contribution in [1.29, 1.82) is 0 Å². The van der Waals surface area contributed by atoms with Crippen molar-refractivity contribution < 1.29 is 13.7 Å². The van der Waals surface area contributed by atoms with Crippen LogP contribution in [0.5, 0.6) is 5.75 Å². The number of benzene rings is 1. The summed E-state index contributed by atoms with van der Waals surface area (Å²) in [4.78, 5) is 15.2. The third-order valence-electron chi connectivity index (χ3n) is 5.67. The van der Waals surface area contributed by atoms with E-state index in [0.717, 1.165) is 36.8 Å². The van der Waals surface area contributed by atoms with Gasteiger partial charge in [-0.2, -0.15) is 0 Å². The van der Waals surface area contributed by atoms with Gasteiger partial charge in [-0.15, -0.1) is 0 Å². The molecule has 1 saturated heterocycles. The number of rotatable bonds is 7. The van der Waals surface area contributed by atoms with Gasteiger partial charge in [-0.3, -0.25) is 4.79 Å². The van der Waals surface area contributed by atoms with Gasteiger partial charge in [0.15, 0.2) is 0 Å². The highest BCUT2D eigenvalue weighted by Crippen LogP contribution is 2.37. The first-order valence-electron chi connectivity index (χ1n) is 9.78. The number of fused-ring (bicyclic) bond motifs is 1. The molecule has 0 radical (unpaired) electrons. The lowest BCUT2D eigenvalue weighted by Crippen LogP contribution is -2.35. The van der Waals surface area contributed by atoms with Gasteiger partial charge >= 0.3 is 0 Å². The van der Waals surface area contributed by atoms with E-state index in [2.05, 4.69) is 9.29 Å². The Morgan fingerprint density at radius 2 is 2.04 bits per heavy atom. The molecule has 6 nitrogen and oxygen atoms in total. The number of nitrogens with zero attached hydrogens (tertiary/aromatic N) is 1. The maximum Gasteiger partial charge on any atom is 0.250 e. The van der Waals surface area contributed by atoms with Gasteiger partial charge in [0.2, 0.25) is 0 Å². The highest BCUT2D eigenvalue weighted by atomic mass is 32.2. The molecule has 1 aliphatic heterocycles. The maximum atomic E-state index is 12.0. The monoisotopic (exact) mass is 389 g/mol. The molecule has 1 amide bonds. The van der Waals surface area contributed by atoms with Gasteiger partial charge in [0.25, 0.3) is 5.91 Å². The molecule has 1 atom stereocenters. The van der Waals surface area contributed by atoms with E-state index in [1.807, 2.05) is 19.2 Å². The normalized spacial score (nSPS) is 20.0. The molecule has 2 aliphatic rings. The Kier molecular flexibility index (Phi) is 5.23. The van der Waals surface area contributed by atoms with Crippen molar-refractivity contribution in [3.05, 3.63) is 29.5 Å². The summed E-state index contributed by atoms with van der Waals surface area (Å²) in [6, 6.07) is 3.78. The summed E-state index contributed by atoms with van der Waals surface area (Å²) >= 11 is 0. The number of nitrogens with one attached hydrogen (secondary N) is 1. The number of amides is 1. The largest absolute Gasteiger partial charge is 0.493 e. The molecule has 4 rings (SSSR count). The summed E-state index contributed by atoms with van der Waals surface area (Å²) in [5.74, 6) is 1.96. The van der Waals surface area contributed by atoms with Gasteiger partial charge in [0.05, 0.1) is 28.7 Å². The highest BCUT2D eigenvalue weighted by Gasteiger charge is 2.27. The zero-order valence-electron chi connectivity index (χ0n) is 15.7. The summed E-state index contributed by atoms with van der Waals surface area (Å²) in [6.07, 6.45) is 6.35. The van der Waals surface area contributed by atoms with Gasteiger partial charge in [0, 0.05) is 30.4 Å². The second-order valence-corrected chi connectivity index (χ2v) is 9.31. The van der Waals surface area contributed by atoms with Crippen molar-refractivity contribution in [2.24, 2.45) is 11.7 Å². The number of piperidine rings is 1. The Labute approximate surface area is 162 Å². The number of ether oxygens (including phenoxy) is 1.